The summed E-state index contributed by atoms with van der Waals surface area (Å²) in [5.74, 6) is -0.132. The van der Waals surface area contributed by atoms with Crippen LogP contribution in [0.2, 0.25) is 0 Å². The predicted octanol–water partition coefficient (Wildman–Crippen LogP) is 4.01. The highest BCUT2D eigenvalue weighted by atomic mass is 79.9. The van der Waals surface area contributed by atoms with Crippen LogP contribution in [0.25, 0.3) is 0 Å². The third-order valence-electron chi connectivity index (χ3n) is 3.50. The van der Waals surface area contributed by atoms with Gasteiger partial charge < -0.3 is 5.73 Å². The van der Waals surface area contributed by atoms with Gasteiger partial charge in [0, 0.05) is 15.6 Å². The van der Waals surface area contributed by atoms with E-state index in [0.29, 0.717) is 11.1 Å². The topological polar surface area (TPSA) is 26.0 Å². The zero-order valence-electron chi connectivity index (χ0n) is 9.52. The van der Waals surface area contributed by atoms with Crippen molar-refractivity contribution in [1.82, 2.24) is 0 Å². The minimum absolute atomic E-state index is 0.132. The van der Waals surface area contributed by atoms with Crippen molar-refractivity contribution < 1.29 is 4.39 Å². The number of hydrogen-bond acceptors (Lipinski definition) is 1. The molecule has 0 atom stereocenters. The Morgan fingerprint density at radius 1 is 1.25 bits per heavy atom. The van der Waals surface area contributed by atoms with E-state index in [1.807, 2.05) is 6.07 Å². The quantitative estimate of drug-likeness (QED) is 0.829. The van der Waals surface area contributed by atoms with Gasteiger partial charge in [-0.05, 0) is 37.5 Å². The summed E-state index contributed by atoms with van der Waals surface area (Å²) in [5, 5.41) is 0. The van der Waals surface area contributed by atoms with Crippen molar-refractivity contribution in [2.45, 2.75) is 44.6 Å². The Labute approximate surface area is 104 Å². The fourth-order valence-electron chi connectivity index (χ4n) is 2.54. The van der Waals surface area contributed by atoms with Gasteiger partial charge in [0.25, 0.3) is 0 Å². The van der Waals surface area contributed by atoms with Crippen molar-refractivity contribution in [1.29, 1.82) is 0 Å². The molecule has 0 saturated heterocycles. The molecule has 0 aromatic heterocycles. The number of hydrogen-bond donors (Lipinski definition) is 1. The molecule has 1 aliphatic rings. The van der Waals surface area contributed by atoms with E-state index in [0.717, 1.165) is 30.2 Å². The van der Waals surface area contributed by atoms with Crippen LogP contribution in [0.1, 0.15) is 43.2 Å². The Balaban J connectivity index is 2.45. The lowest BCUT2D eigenvalue weighted by Gasteiger charge is -2.34. The molecule has 16 heavy (non-hydrogen) atoms. The standard InChI is InChI=1S/C13H17BrFN/c1-9-7-10(14)8-11(12(9)15)13(16)5-3-2-4-6-13/h7-8H,2-6,16H2,1H3. The average Bonchev–Trinajstić information content (AvgIpc) is 2.24. The highest BCUT2D eigenvalue weighted by molar-refractivity contribution is 9.10. The molecule has 0 radical (unpaired) electrons. The molecule has 2 rings (SSSR count). The number of rotatable bonds is 1. The van der Waals surface area contributed by atoms with Gasteiger partial charge in [0.1, 0.15) is 5.82 Å². The van der Waals surface area contributed by atoms with Crippen molar-refractivity contribution >= 4 is 15.9 Å². The maximum Gasteiger partial charge on any atom is 0.131 e. The van der Waals surface area contributed by atoms with Crippen LogP contribution in [-0.2, 0) is 5.54 Å². The van der Waals surface area contributed by atoms with Gasteiger partial charge in [-0.15, -0.1) is 0 Å². The molecule has 0 bridgehead atoms. The first-order chi connectivity index (χ1) is 7.53. The number of aryl methyl sites for hydroxylation is 1. The van der Waals surface area contributed by atoms with E-state index >= 15 is 0 Å². The van der Waals surface area contributed by atoms with Crippen LogP contribution in [0.5, 0.6) is 0 Å². The molecule has 0 heterocycles. The van der Waals surface area contributed by atoms with Gasteiger partial charge in [0.15, 0.2) is 0 Å². The maximum atomic E-state index is 14.1. The summed E-state index contributed by atoms with van der Waals surface area (Å²) in [5.41, 5.74) is 7.24. The molecule has 1 aromatic rings. The molecule has 2 N–H and O–H groups in total. The second-order valence-electron chi connectivity index (χ2n) is 4.80. The average molecular weight is 286 g/mol. The zero-order chi connectivity index (χ0) is 11.8. The molecule has 1 nitrogen and oxygen atoms in total. The number of nitrogens with two attached hydrogens (primary N) is 1. The van der Waals surface area contributed by atoms with Gasteiger partial charge >= 0.3 is 0 Å². The van der Waals surface area contributed by atoms with Crippen LogP contribution in [0, 0.1) is 12.7 Å². The van der Waals surface area contributed by atoms with Gasteiger partial charge in [0.05, 0.1) is 0 Å². The van der Waals surface area contributed by atoms with Gasteiger partial charge in [0.2, 0.25) is 0 Å². The molecule has 0 amide bonds. The lowest BCUT2D eigenvalue weighted by atomic mass is 9.77. The summed E-state index contributed by atoms with van der Waals surface area (Å²) in [6.07, 6.45) is 5.19. The van der Waals surface area contributed by atoms with Gasteiger partial charge in [-0.1, -0.05) is 35.2 Å². The van der Waals surface area contributed by atoms with Crippen molar-refractivity contribution in [3.63, 3.8) is 0 Å². The van der Waals surface area contributed by atoms with E-state index < -0.39 is 5.54 Å². The Morgan fingerprint density at radius 2 is 1.88 bits per heavy atom. The number of halogens is 2. The summed E-state index contributed by atoms with van der Waals surface area (Å²) in [6.45, 7) is 1.79. The van der Waals surface area contributed by atoms with Crippen LogP contribution in [0.15, 0.2) is 16.6 Å². The molecule has 0 unspecified atom stereocenters. The summed E-state index contributed by atoms with van der Waals surface area (Å²) in [7, 11) is 0. The Bertz CT molecular complexity index is 397. The molecule has 0 spiro atoms. The van der Waals surface area contributed by atoms with Gasteiger partial charge in [-0.3, -0.25) is 0 Å². The molecule has 1 aliphatic carbocycles. The second-order valence-corrected chi connectivity index (χ2v) is 5.72. The molecule has 1 aromatic carbocycles. The summed E-state index contributed by atoms with van der Waals surface area (Å²) < 4.78 is 15.0. The minimum Gasteiger partial charge on any atom is -0.321 e. The largest absolute Gasteiger partial charge is 0.321 e. The Kier molecular flexibility index (Phi) is 3.36. The van der Waals surface area contributed by atoms with Crippen LogP contribution in [0.3, 0.4) is 0 Å². The smallest absolute Gasteiger partial charge is 0.131 e. The fraction of sp³-hybridized carbons (Fsp3) is 0.538. The van der Waals surface area contributed by atoms with E-state index in [2.05, 4.69) is 15.9 Å². The van der Waals surface area contributed by atoms with Crippen molar-refractivity contribution in [3.8, 4) is 0 Å². The second kappa shape index (κ2) is 4.46. The van der Waals surface area contributed by atoms with Crippen LogP contribution < -0.4 is 5.73 Å². The molecule has 88 valence electrons. The first kappa shape index (κ1) is 12.1. The molecular weight excluding hydrogens is 269 g/mol. The highest BCUT2D eigenvalue weighted by Crippen LogP contribution is 2.37. The van der Waals surface area contributed by atoms with E-state index in [1.54, 1.807) is 13.0 Å². The Hall–Kier alpha value is -0.410. The van der Waals surface area contributed by atoms with Crippen LogP contribution >= 0.6 is 15.9 Å². The first-order valence-corrected chi connectivity index (χ1v) is 6.57. The van der Waals surface area contributed by atoms with E-state index in [-0.39, 0.29) is 5.82 Å². The Morgan fingerprint density at radius 3 is 2.50 bits per heavy atom. The van der Waals surface area contributed by atoms with Crippen LogP contribution in [0.4, 0.5) is 4.39 Å². The summed E-state index contributed by atoms with van der Waals surface area (Å²) >= 11 is 3.42. The molecular formula is C13H17BrFN. The van der Waals surface area contributed by atoms with E-state index in [9.17, 15) is 4.39 Å². The maximum absolute atomic E-state index is 14.1. The molecule has 1 fully saturated rings. The van der Waals surface area contributed by atoms with Gasteiger partial charge in [-0.25, -0.2) is 4.39 Å². The highest BCUT2D eigenvalue weighted by Gasteiger charge is 2.32. The third-order valence-corrected chi connectivity index (χ3v) is 3.96. The minimum atomic E-state index is -0.461. The van der Waals surface area contributed by atoms with Crippen molar-refractivity contribution in [3.05, 3.63) is 33.5 Å². The van der Waals surface area contributed by atoms with E-state index in [1.165, 1.54) is 6.42 Å². The van der Waals surface area contributed by atoms with Crippen LogP contribution in [-0.4, -0.2) is 0 Å². The summed E-state index contributed by atoms with van der Waals surface area (Å²) in [6, 6.07) is 3.64. The van der Waals surface area contributed by atoms with E-state index in [4.69, 9.17) is 5.73 Å². The first-order valence-electron chi connectivity index (χ1n) is 5.78. The molecule has 0 aliphatic heterocycles. The zero-order valence-corrected chi connectivity index (χ0v) is 11.1. The lowest BCUT2D eigenvalue weighted by molar-refractivity contribution is 0.292. The normalized spacial score (nSPS) is 19.8. The molecule has 1 saturated carbocycles. The van der Waals surface area contributed by atoms with Crippen molar-refractivity contribution in [2.24, 2.45) is 5.73 Å². The van der Waals surface area contributed by atoms with Crippen molar-refractivity contribution in [2.75, 3.05) is 0 Å². The fourth-order valence-corrected chi connectivity index (χ4v) is 3.11. The third kappa shape index (κ3) is 2.16. The SMILES string of the molecule is Cc1cc(Br)cc(C2(N)CCCCC2)c1F. The number of benzene rings is 1. The lowest BCUT2D eigenvalue weighted by Crippen LogP contribution is -2.39. The van der Waals surface area contributed by atoms with Gasteiger partial charge in [-0.2, -0.15) is 0 Å². The monoisotopic (exact) mass is 285 g/mol. The summed E-state index contributed by atoms with van der Waals surface area (Å²) in [4.78, 5) is 0. The molecule has 3 heteroatoms. The predicted molar refractivity (Wildman–Crippen MR) is 67.8 cm³/mol.